The average Bonchev–Trinajstić information content (AvgIpc) is 3.04. The van der Waals surface area contributed by atoms with E-state index in [1.807, 2.05) is 34.6 Å². The number of rotatable bonds is 22. The van der Waals surface area contributed by atoms with Crippen LogP contribution >= 0.6 is 0 Å². The van der Waals surface area contributed by atoms with E-state index in [0.29, 0.717) is 29.1 Å². The number of nitro groups is 1. The molecule has 53 heavy (non-hydrogen) atoms. The number of carboxylic acids is 2. The number of methoxy groups -OCH3 is 1. The minimum absolute atomic E-state index is 0.0141. The Morgan fingerprint density at radius 1 is 0.792 bits per heavy atom. The topological polar surface area (TPSA) is 238 Å². The summed E-state index contributed by atoms with van der Waals surface area (Å²) in [5.41, 5.74) is 1.36. The van der Waals surface area contributed by atoms with Crippen LogP contribution in [0.1, 0.15) is 78.7 Å². The maximum Gasteiger partial charge on any atom is 0.326 e. The molecule has 16 nitrogen and oxygen atoms in total. The van der Waals surface area contributed by atoms with E-state index in [1.165, 1.54) is 7.11 Å². The second-order valence-electron chi connectivity index (χ2n) is 14.3. The minimum Gasteiger partial charge on any atom is -0.497 e. The van der Waals surface area contributed by atoms with Crippen LogP contribution < -0.4 is 31.3 Å². The summed E-state index contributed by atoms with van der Waals surface area (Å²) in [5.74, 6) is -3.28. The van der Waals surface area contributed by atoms with Crippen LogP contribution in [0.15, 0.2) is 60.6 Å². The third-order valence-corrected chi connectivity index (χ3v) is 7.73. The second kappa shape index (κ2) is 21.0. The lowest BCUT2D eigenvalue weighted by molar-refractivity contribution is -0.403. The van der Waals surface area contributed by atoms with Gasteiger partial charge in [-0.3, -0.25) is 24.5 Å². The van der Waals surface area contributed by atoms with Gasteiger partial charge in [-0.2, -0.15) is 0 Å². The number of nitrogens with zero attached hydrogens (tertiary/aromatic N) is 1. The molecule has 0 spiro atoms. The first-order valence-corrected chi connectivity index (χ1v) is 17.3. The standard InChI is InChI=1S/C37H52N6O10/c1-23(2)19-30(34(46)42-29(36(49)50)10-8-7-9-28(35(47)48)40-33(45)21-37(3,4)5)41-32(44)20-24-11-13-25(14-12-24)38-31(22-43(51)52)39-26-15-17-27(53-6)18-16-26/h11-18,22-23,28-30,38-39H,7-10,19-21H2,1-6H3,(H,40,45)(H,41,44)(H,42,46)(H,47,48)(H,49,50). The molecule has 7 N–H and O–H groups in total. The Morgan fingerprint density at radius 2 is 1.28 bits per heavy atom. The van der Waals surface area contributed by atoms with Gasteiger partial charge in [0.25, 0.3) is 6.20 Å². The number of unbranched alkanes of at least 4 members (excludes halogenated alkanes) is 1. The molecule has 2 rings (SSSR count). The molecule has 0 aromatic heterocycles. The molecule has 0 bridgehead atoms. The molecule has 0 aliphatic carbocycles. The number of carbonyl (C=O) groups excluding carboxylic acids is 3. The first-order chi connectivity index (χ1) is 24.8. The van der Waals surface area contributed by atoms with Crippen molar-refractivity contribution in [2.24, 2.45) is 11.3 Å². The van der Waals surface area contributed by atoms with Crippen LogP contribution in [0.5, 0.6) is 5.75 Å². The van der Waals surface area contributed by atoms with E-state index in [1.54, 1.807) is 48.5 Å². The van der Waals surface area contributed by atoms with Crippen molar-refractivity contribution in [3.8, 4) is 5.75 Å². The number of amides is 3. The number of ether oxygens (including phenoxy) is 1. The van der Waals surface area contributed by atoms with Crippen molar-refractivity contribution in [3.63, 3.8) is 0 Å². The molecule has 3 amide bonds. The number of carbonyl (C=O) groups is 5. The molecule has 2 aromatic carbocycles. The van der Waals surface area contributed by atoms with Crippen LogP contribution in [-0.2, 0) is 30.4 Å². The molecule has 3 unspecified atom stereocenters. The number of hydrogen-bond donors (Lipinski definition) is 7. The molecular formula is C37H52N6O10. The maximum absolute atomic E-state index is 13.2. The Kier molecular flexibility index (Phi) is 17.2. The van der Waals surface area contributed by atoms with Gasteiger partial charge in [-0.05, 0) is 72.6 Å². The number of hydrogen-bond acceptors (Lipinski definition) is 10. The molecule has 0 fully saturated rings. The molecule has 0 saturated heterocycles. The molecule has 2 aromatic rings. The molecule has 16 heteroatoms. The summed E-state index contributed by atoms with van der Waals surface area (Å²) in [6, 6.07) is 9.97. The third-order valence-electron chi connectivity index (χ3n) is 7.73. The fraction of sp³-hybridized carbons (Fsp3) is 0.486. The van der Waals surface area contributed by atoms with Crippen molar-refractivity contribution >= 4 is 41.0 Å². The zero-order valence-corrected chi connectivity index (χ0v) is 31.1. The summed E-state index contributed by atoms with van der Waals surface area (Å²) in [6.45, 7) is 9.30. The quantitative estimate of drug-likeness (QED) is 0.0502. The Labute approximate surface area is 309 Å². The zero-order valence-electron chi connectivity index (χ0n) is 31.1. The van der Waals surface area contributed by atoms with Gasteiger partial charge >= 0.3 is 11.9 Å². The van der Waals surface area contributed by atoms with Gasteiger partial charge < -0.3 is 41.5 Å². The molecule has 0 heterocycles. The van der Waals surface area contributed by atoms with Crippen molar-refractivity contribution in [1.29, 1.82) is 0 Å². The lowest BCUT2D eigenvalue weighted by Gasteiger charge is -2.23. The summed E-state index contributed by atoms with van der Waals surface area (Å²) in [4.78, 5) is 72.8. The number of aliphatic carboxylic acids is 2. The molecule has 290 valence electrons. The maximum atomic E-state index is 13.2. The van der Waals surface area contributed by atoms with E-state index < -0.39 is 46.8 Å². The monoisotopic (exact) mass is 740 g/mol. The highest BCUT2D eigenvalue weighted by Crippen LogP contribution is 2.20. The summed E-state index contributed by atoms with van der Waals surface area (Å²) in [5, 5.41) is 44.2. The fourth-order valence-electron chi connectivity index (χ4n) is 5.24. The van der Waals surface area contributed by atoms with Gasteiger partial charge in [0.1, 0.15) is 23.9 Å². The average molecular weight is 741 g/mol. The number of benzene rings is 2. The Morgan fingerprint density at radius 3 is 1.74 bits per heavy atom. The smallest absolute Gasteiger partial charge is 0.326 e. The lowest BCUT2D eigenvalue weighted by Crippen LogP contribution is -2.52. The SMILES string of the molecule is COc1ccc(NC(=C[N+](=O)[O-])Nc2ccc(CC(=O)NC(CC(C)C)C(=O)NC(CCCCC(NC(=O)CC(C)(C)C)C(=O)O)C(=O)O)cc2)cc1. The van der Waals surface area contributed by atoms with Crippen LogP contribution in [0.4, 0.5) is 11.4 Å². The summed E-state index contributed by atoms with van der Waals surface area (Å²) >= 11 is 0. The second-order valence-corrected chi connectivity index (χ2v) is 14.3. The third kappa shape index (κ3) is 17.4. The minimum atomic E-state index is -1.28. The largest absolute Gasteiger partial charge is 0.497 e. The molecule has 0 aliphatic rings. The number of carboxylic acid groups (broad SMARTS) is 2. The van der Waals surface area contributed by atoms with E-state index in [4.69, 9.17) is 4.74 Å². The first kappa shape index (κ1) is 43.5. The van der Waals surface area contributed by atoms with Crippen molar-refractivity contribution in [2.75, 3.05) is 17.7 Å². The Balaban J connectivity index is 1.98. The van der Waals surface area contributed by atoms with Gasteiger partial charge in [-0.25, -0.2) is 9.59 Å². The summed E-state index contributed by atoms with van der Waals surface area (Å²) in [6.07, 6.45) is 1.75. The highest BCUT2D eigenvalue weighted by Gasteiger charge is 2.28. The van der Waals surface area contributed by atoms with Gasteiger partial charge in [-0.1, -0.05) is 59.6 Å². The normalized spacial score (nSPS) is 13.2. The lowest BCUT2D eigenvalue weighted by atomic mass is 9.91. The predicted octanol–water partition coefficient (Wildman–Crippen LogP) is 4.50. The van der Waals surface area contributed by atoms with Gasteiger partial charge in [0.15, 0.2) is 5.82 Å². The van der Waals surface area contributed by atoms with Crippen molar-refractivity contribution in [3.05, 3.63) is 76.2 Å². The first-order valence-electron chi connectivity index (χ1n) is 17.3. The number of nitrogens with one attached hydrogen (secondary N) is 5. The highest BCUT2D eigenvalue weighted by atomic mass is 16.6. The van der Waals surface area contributed by atoms with Crippen molar-refractivity contribution in [1.82, 2.24) is 16.0 Å². The van der Waals surface area contributed by atoms with E-state index >= 15 is 0 Å². The fourth-order valence-corrected chi connectivity index (χ4v) is 5.24. The van der Waals surface area contributed by atoms with E-state index in [2.05, 4.69) is 26.6 Å². The molecule has 0 aliphatic heterocycles. The van der Waals surface area contributed by atoms with Crippen LogP contribution in [-0.4, -0.2) is 70.0 Å². The predicted molar refractivity (Wildman–Crippen MR) is 199 cm³/mol. The van der Waals surface area contributed by atoms with E-state index in [9.17, 15) is 44.3 Å². The van der Waals surface area contributed by atoms with E-state index in [0.717, 1.165) is 6.20 Å². The van der Waals surface area contributed by atoms with Gasteiger partial charge in [-0.15, -0.1) is 0 Å². The van der Waals surface area contributed by atoms with Gasteiger partial charge in [0, 0.05) is 17.8 Å². The summed E-state index contributed by atoms with van der Waals surface area (Å²) < 4.78 is 5.13. The van der Waals surface area contributed by atoms with Crippen LogP contribution in [0.3, 0.4) is 0 Å². The molecular weight excluding hydrogens is 688 g/mol. The van der Waals surface area contributed by atoms with Gasteiger partial charge in [0.2, 0.25) is 17.7 Å². The van der Waals surface area contributed by atoms with Crippen LogP contribution in [0.2, 0.25) is 0 Å². The number of anilines is 2. The highest BCUT2D eigenvalue weighted by molar-refractivity contribution is 5.91. The molecule has 3 atom stereocenters. The summed E-state index contributed by atoms with van der Waals surface area (Å²) in [7, 11) is 1.53. The van der Waals surface area contributed by atoms with Crippen molar-refractivity contribution in [2.45, 2.75) is 97.7 Å². The molecule has 0 radical (unpaired) electrons. The van der Waals surface area contributed by atoms with Crippen LogP contribution in [0.25, 0.3) is 0 Å². The zero-order chi connectivity index (χ0) is 39.7. The van der Waals surface area contributed by atoms with Crippen LogP contribution in [0, 0.1) is 21.4 Å². The van der Waals surface area contributed by atoms with Gasteiger partial charge in [0.05, 0.1) is 18.5 Å². The van der Waals surface area contributed by atoms with E-state index in [-0.39, 0.29) is 61.6 Å². The van der Waals surface area contributed by atoms with Crippen molar-refractivity contribution < 1.29 is 43.8 Å². The Hall–Kier alpha value is -5.67. The Bertz CT molecular complexity index is 1590. The molecule has 0 saturated carbocycles.